The van der Waals surface area contributed by atoms with Crippen molar-refractivity contribution in [1.82, 2.24) is 15.0 Å². The molecule has 2 aromatic rings. The molecule has 2 aliphatic heterocycles. The Morgan fingerprint density at radius 1 is 1.36 bits per heavy atom. The minimum Gasteiger partial charge on any atom is -0.339 e. The van der Waals surface area contributed by atoms with E-state index in [2.05, 4.69) is 15.5 Å². The van der Waals surface area contributed by atoms with Gasteiger partial charge in [0.1, 0.15) is 5.69 Å². The van der Waals surface area contributed by atoms with Crippen molar-refractivity contribution in [3.05, 3.63) is 30.6 Å². The van der Waals surface area contributed by atoms with Crippen molar-refractivity contribution in [1.29, 1.82) is 0 Å². The van der Waals surface area contributed by atoms with Gasteiger partial charge >= 0.3 is 0 Å². The number of hydrogen-bond donors (Lipinski definition) is 1. The molecule has 3 aliphatic rings. The van der Waals surface area contributed by atoms with Gasteiger partial charge in [-0.2, -0.15) is 0 Å². The van der Waals surface area contributed by atoms with Crippen LogP contribution in [0.15, 0.2) is 35.1 Å². The molecule has 3 fully saturated rings. The van der Waals surface area contributed by atoms with E-state index in [1.165, 1.54) is 0 Å². The van der Waals surface area contributed by atoms with Gasteiger partial charge in [0.15, 0.2) is 0 Å². The van der Waals surface area contributed by atoms with E-state index >= 15 is 0 Å². The molecule has 0 aromatic carbocycles. The van der Waals surface area contributed by atoms with Gasteiger partial charge in [-0.1, -0.05) is 5.16 Å². The molecular formula is C18H20N4O3. The summed E-state index contributed by atoms with van der Waals surface area (Å²) in [6.45, 7) is 2.06. The first-order chi connectivity index (χ1) is 12.1. The smallest absolute Gasteiger partial charge is 0.234 e. The Balaban J connectivity index is 1.50. The summed E-state index contributed by atoms with van der Waals surface area (Å²) in [5.41, 5.74) is 0.922. The van der Waals surface area contributed by atoms with Gasteiger partial charge in [0.05, 0.1) is 5.41 Å². The lowest BCUT2D eigenvalue weighted by molar-refractivity contribution is -0.147. The van der Waals surface area contributed by atoms with Crippen LogP contribution in [-0.4, -0.2) is 39.4 Å². The van der Waals surface area contributed by atoms with Crippen LogP contribution in [0.25, 0.3) is 11.3 Å². The van der Waals surface area contributed by atoms with Crippen molar-refractivity contribution in [2.75, 3.05) is 11.9 Å². The largest absolute Gasteiger partial charge is 0.339 e. The second kappa shape index (κ2) is 5.98. The Hall–Kier alpha value is -2.70. The fourth-order valence-corrected chi connectivity index (χ4v) is 3.98. The van der Waals surface area contributed by atoms with E-state index in [4.69, 9.17) is 4.52 Å². The molecule has 2 saturated heterocycles. The van der Waals surface area contributed by atoms with Gasteiger partial charge < -0.3 is 9.42 Å². The first-order valence-corrected chi connectivity index (χ1v) is 8.53. The van der Waals surface area contributed by atoms with E-state index < -0.39 is 5.41 Å². The normalized spacial score (nSPS) is 25.0. The highest BCUT2D eigenvalue weighted by Crippen LogP contribution is 2.45. The van der Waals surface area contributed by atoms with Crippen LogP contribution in [0.4, 0.5) is 5.88 Å². The fraction of sp³-hybridized carbons (Fsp3) is 0.444. The van der Waals surface area contributed by atoms with Crippen LogP contribution in [0, 0.1) is 5.41 Å². The summed E-state index contributed by atoms with van der Waals surface area (Å²) in [6.07, 6.45) is 6.74. The molecule has 5 rings (SSSR count). The number of rotatable bonds is 3. The van der Waals surface area contributed by atoms with Crippen molar-refractivity contribution in [2.45, 2.75) is 38.6 Å². The number of pyridine rings is 1. The van der Waals surface area contributed by atoms with Crippen molar-refractivity contribution in [3.8, 4) is 11.3 Å². The number of nitrogens with zero attached hydrogens (tertiary/aromatic N) is 3. The number of piperidine rings is 2. The van der Waals surface area contributed by atoms with Crippen molar-refractivity contribution >= 4 is 17.7 Å². The third-order valence-electron chi connectivity index (χ3n) is 5.42. The zero-order valence-electron chi connectivity index (χ0n) is 14.1. The average molecular weight is 340 g/mol. The highest BCUT2D eigenvalue weighted by atomic mass is 16.5. The van der Waals surface area contributed by atoms with Gasteiger partial charge in [-0.15, -0.1) is 0 Å². The first-order valence-electron chi connectivity index (χ1n) is 8.53. The van der Waals surface area contributed by atoms with E-state index in [9.17, 15) is 9.59 Å². The lowest BCUT2D eigenvalue weighted by Gasteiger charge is -2.51. The van der Waals surface area contributed by atoms with Gasteiger partial charge in [-0.05, 0) is 37.8 Å². The summed E-state index contributed by atoms with van der Waals surface area (Å²) in [4.78, 5) is 30.6. The molecule has 130 valence electrons. The van der Waals surface area contributed by atoms with E-state index in [0.29, 0.717) is 18.1 Å². The number of carbonyl (C=O) groups excluding carboxylic acids is 2. The third kappa shape index (κ3) is 2.79. The molecule has 1 N–H and O–H groups in total. The lowest BCUT2D eigenvalue weighted by atomic mass is 9.67. The Kier molecular flexibility index (Phi) is 3.78. The molecule has 2 bridgehead atoms. The third-order valence-corrected chi connectivity index (χ3v) is 5.42. The molecule has 2 aromatic heterocycles. The zero-order chi connectivity index (χ0) is 17.4. The summed E-state index contributed by atoms with van der Waals surface area (Å²) in [5, 5.41) is 6.84. The molecule has 1 aliphatic carbocycles. The van der Waals surface area contributed by atoms with E-state index in [0.717, 1.165) is 31.2 Å². The number of nitrogens with one attached hydrogen (secondary N) is 1. The summed E-state index contributed by atoms with van der Waals surface area (Å²) >= 11 is 0. The predicted molar refractivity (Wildman–Crippen MR) is 90.4 cm³/mol. The van der Waals surface area contributed by atoms with Gasteiger partial charge in [-0.3, -0.25) is 19.9 Å². The van der Waals surface area contributed by atoms with Crippen LogP contribution in [-0.2, 0) is 9.59 Å². The molecule has 7 heteroatoms. The SMILES string of the molecule is CC(=O)N1CC2(C(=O)Nc3cc(-c4cccnc4)no3)CCC1CC2. The first kappa shape index (κ1) is 15.8. The number of anilines is 1. The van der Waals surface area contributed by atoms with Crippen LogP contribution < -0.4 is 5.32 Å². The minimum atomic E-state index is -0.526. The number of carbonyl (C=O) groups is 2. The standard InChI is InChI=1S/C18H20N4O3/c1-12(23)22-11-18(6-4-14(22)5-7-18)17(24)20-16-9-15(21-25-16)13-3-2-8-19-10-13/h2-3,8-10,14H,4-7,11H2,1H3,(H,20,24). The molecule has 2 amide bonds. The summed E-state index contributed by atoms with van der Waals surface area (Å²) in [6, 6.07) is 5.68. The molecule has 4 heterocycles. The monoisotopic (exact) mass is 340 g/mol. The van der Waals surface area contributed by atoms with Crippen molar-refractivity contribution < 1.29 is 14.1 Å². The van der Waals surface area contributed by atoms with Crippen LogP contribution in [0.5, 0.6) is 0 Å². The van der Waals surface area contributed by atoms with Crippen LogP contribution in [0.1, 0.15) is 32.6 Å². The molecule has 1 saturated carbocycles. The summed E-state index contributed by atoms with van der Waals surface area (Å²) < 4.78 is 5.27. The molecule has 0 unspecified atom stereocenters. The summed E-state index contributed by atoms with van der Waals surface area (Å²) in [5.74, 6) is 0.270. The lowest BCUT2D eigenvalue weighted by Crippen LogP contribution is -2.59. The quantitative estimate of drug-likeness (QED) is 0.927. The van der Waals surface area contributed by atoms with E-state index in [-0.39, 0.29) is 17.9 Å². The second-order valence-corrected chi connectivity index (χ2v) is 6.93. The molecule has 0 atom stereocenters. The van der Waals surface area contributed by atoms with E-state index in [1.54, 1.807) is 25.4 Å². The molecule has 0 radical (unpaired) electrons. The Labute approximate surface area is 145 Å². The molecule has 7 nitrogen and oxygen atoms in total. The van der Waals surface area contributed by atoms with Crippen LogP contribution in [0.3, 0.4) is 0 Å². The average Bonchev–Trinajstić information content (AvgIpc) is 3.12. The Morgan fingerprint density at radius 3 is 2.84 bits per heavy atom. The van der Waals surface area contributed by atoms with Gasteiger partial charge in [-0.25, -0.2) is 0 Å². The number of fused-ring (bicyclic) bond motifs is 3. The van der Waals surface area contributed by atoms with Crippen LogP contribution in [0.2, 0.25) is 0 Å². The van der Waals surface area contributed by atoms with Gasteiger partial charge in [0, 0.05) is 43.5 Å². The fourth-order valence-electron chi connectivity index (χ4n) is 3.98. The topological polar surface area (TPSA) is 88.3 Å². The van der Waals surface area contributed by atoms with Gasteiger partial charge in [0.25, 0.3) is 0 Å². The highest BCUT2D eigenvalue weighted by Gasteiger charge is 2.50. The zero-order valence-corrected chi connectivity index (χ0v) is 14.1. The molecule has 25 heavy (non-hydrogen) atoms. The maximum absolute atomic E-state index is 12.9. The van der Waals surface area contributed by atoms with Crippen molar-refractivity contribution in [2.24, 2.45) is 5.41 Å². The van der Waals surface area contributed by atoms with Gasteiger partial charge in [0.2, 0.25) is 17.7 Å². The Bertz CT molecular complexity index is 794. The number of hydrogen-bond acceptors (Lipinski definition) is 5. The highest BCUT2D eigenvalue weighted by molar-refractivity contribution is 5.95. The molecular weight excluding hydrogens is 320 g/mol. The Morgan fingerprint density at radius 2 is 2.16 bits per heavy atom. The van der Waals surface area contributed by atoms with Crippen LogP contribution >= 0.6 is 0 Å². The van der Waals surface area contributed by atoms with Crippen molar-refractivity contribution in [3.63, 3.8) is 0 Å². The minimum absolute atomic E-state index is 0.0418. The number of amides is 2. The second-order valence-electron chi connectivity index (χ2n) is 6.93. The molecule has 0 spiro atoms. The maximum Gasteiger partial charge on any atom is 0.234 e. The number of aromatic nitrogens is 2. The summed E-state index contributed by atoms with van der Waals surface area (Å²) in [7, 11) is 0. The predicted octanol–water partition coefficient (Wildman–Crippen LogP) is 2.47. The van der Waals surface area contributed by atoms with E-state index in [1.807, 2.05) is 17.0 Å². The maximum atomic E-state index is 12.9.